The van der Waals surface area contributed by atoms with Gasteiger partial charge in [-0.2, -0.15) is 0 Å². The molecule has 1 aromatic heterocycles. The molecule has 4 rings (SSSR count). The second-order valence-electron chi connectivity index (χ2n) is 7.52. The van der Waals surface area contributed by atoms with E-state index in [9.17, 15) is 9.59 Å². The fraction of sp³-hybridized carbons (Fsp3) is 0.280. The molecule has 1 aliphatic rings. The van der Waals surface area contributed by atoms with Crippen LogP contribution < -0.4 is 15.5 Å². The smallest absolute Gasteiger partial charge is 0.261 e. The Morgan fingerprint density at radius 1 is 1.03 bits per heavy atom. The Kier molecular flexibility index (Phi) is 8.67. The summed E-state index contributed by atoms with van der Waals surface area (Å²) in [6, 6.07) is 22.0. The van der Waals surface area contributed by atoms with E-state index in [4.69, 9.17) is 0 Å². The zero-order valence-corrected chi connectivity index (χ0v) is 18.6. The van der Waals surface area contributed by atoms with Gasteiger partial charge in [-0.1, -0.05) is 48.5 Å². The molecule has 162 valence electrons. The van der Waals surface area contributed by atoms with Crippen LogP contribution in [0.5, 0.6) is 0 Å². The van der Waals surface area contributed by atoms with Crippen LogP contribution in [0.4, 0.5) is 11.4 Å². The molecule has 1 atom stereocenters. The first-order chi connectivity index (χ1) is 15.2. The van der Waals surface area contributed by atoms with Gasteiger partial charge in [0.05, 0.1) is 16.3 Å². The first-order valence-corrected chi connectivity index (χ1v) is 11.5. The quantitative estimate of drug-likeness (QED) is 0.516. The van der Waals surface area contributed by atoms with Gasteiger partial charge in [-0.05, 0) is 55.3 Å². The van der Waals surface area contributed by atoms with Gasteiger partial charge in [0, 0.05) is 19.1 Å². The van der Waals surface area contributed by atoms with E-state index >= 15 is 0 Å². The van der Waals surface area contributed by atoms with Crippen LogP contribution in [0.25, 0.3) is 0 Å². The van der Waals surface area contributed by atoms with E-state index in [1.165, 1.54) is 29.7 Å². The van der Waals surface area contributed by atoms with Crippen molar-refractivity contribution in [3.05, 3.63) is 82.6 Å². The molecule has 1 aliphatic heterocycles. The van der Waals surface area contributed by atoms with Crippen molar-refractivity contribution in [1.29, 1.82) is 0 Å². The molecule has 31 heavy (non-hydrogen) atoms. The maximum absolute atomic E-state index is 11.8. The molecular formula is C25H29N3O2S. The summed E-state index contributed by atoms with van der Waals surface area (Å²) in [5.41, 5.74) is 3.29. The van der Waals surface area contributed by atoms with Crippen LogP contribution in [-0.4, -0.2) is 31.4 Å². The highest BCUT2D eigenvalue weighted by Crippen LogP contribution is 2.27. The number of hydrogen-bond acceptors (Lipinski definition) is 4. The summed E-state index contributed by atoms with van der Waals surface area (Å²) < 4.78 is 0. The fourth-order valence-electron chi connectivity index (χ4n) is 3.61. The third-order valence-corrected chi connectivity index (χ3v) is 5.94. The van der Waals surface area contributed by atoms with E-state index in [0.717, 1.165) is 42.2 Å². The molecule has 5 nitrogen and oxygen atoms in total. The Bertz CT molecular complexity index is 938. The van der Waals surface area contributed by atoms with Gasteiger partial charge in [0.25, 0.3) is 5.91 Å². The summed E-state index contributed by atoms with van der Waals surface area (Å²) in [4.78, 5) is 25.3. The molecule has 1 unspecified atom stereocenters. The molecule has 2 aromatic carbocycles. The molecule has 1 fully saturated rings. The van der Waals surface area contributed by atoms with E-state index in [1.807, 2.05) is 60.8 Å². The van der Waals surface area contributed by atoms with Gasteiger partial charge in [0.15, 0.2) is 0 Å². The number of rotatable bonds is 7. The lowest BCUT2D eigenvalue weighted by atomic mass is 10.1. The number of carbonyl (C=O) groups excluding carboxylic acids is 2. The molecular weight excluding hydrogens is 406 g/mol. The zero-order chi connectivity index (χ0) is 21.9. The second-order valence-corrected chi connectivity index (χ2v) is 8.46. The van der Waals surface area contributed by atoms with Crippen LogP contribution in [0.3, 0.4) is 0 Å². The van der Waals surface area contributed by atoms with Crippen molar-refractivity contribution in [2.75, 3.05) is 23.3 Å². The first kappa shape index (κ1) is 22.6. The normalized spacial score (nSPS) is 13.6. The SMILES string of the molecule is CC(Cc1ccccc1)NC(=O)c1cccs1.O=CNc1ccccc1N1CCCC1. The van der Waals surface area contributed by atoms with Gasteiger partial charge in [0.1, 0.15) is 0 Å². The number of thiophene rings is 1. The Labute approximate surface area is 188 Å². The van der Waals surface area contributed by atoms with E-state index < -0.39 is 0 Å². The number of benzene rings is 2. The van der Waals surface area contributed by atoms with Crippen LogP contribution in [0, 0.1) is 0 Å². The summed E-state index contributed by atoms with van der Waals surface area (Å²) in [6.07, 6.45) is 4.08. The van der Waals surface area contributed by atoms with Crippen molar-refractivity contribution in [3.8, 4) is 0 Å². The lowest BCUT2D eigenvalue weighted by Gasteiger charge is -2.20. The predicted molar refractivity (Wildman–Crippen MR) is 129 cm³/mol. The number of anilines is 2. The maximum atomic E-state index is 11.8. The lowest BCUT2D eigenvalue weighted by molar-refractivity contribution is -0.105. The third-order valence-electron chi connectivity index (χ3n) is 5.07. The molecule has 0 radical (unpaired) electrons. The Morgan fingerprint density at radius 2 is 1.74 bits per heavy atom. The van der Waals surface area contributed by atoms with Crippen LogP contribution in [0.15, 0.2) is 72.1 Å². The molecule has 6 heteroatoms. The zero-order valence-electron chi connectivity index (χ0n) is 17.8. The van der Waals surface area contributed by atoms with E-state index in [1.54, 1.807) is 0 Å². The minimum Gasteiger partial charge on any atom is -0.370 e. The summed E-state index contributed by atoms with van der Waals surface area (Å²) in [6.45, 7) is 4.22. The molecule has 3 aromatic rings. The van der Waals surface area contributed by atoms with Crippen LogP contribution in [-0.2, 0) is 11.2 Å². The largest absolute Gasteiger partial charge is 0.370 e. The van der Waals surface area contributed by atoms with E-state index in [-0.39, 0.29) is 11.9 Å². The lowest BCUT2D eigenvalue weighted by Crippen LogP contribution is -2.33. The molecule has 1 saturated heterocycles. The van der Waals surface area contributed by atoms with Crippen LogP contribution in [0.1, 0.15) is 35.0 Å². The van der Waals surface area contributed by atoms with E-state index in [2.05, 4.69) is 33.7 Å². The minimum absolute atomic E-state index is 0.0171. The van der Waals surface area contributed by atoms with Crippen molar-refractivity contribution in [1.82, 2.24) is 5.32 Å². The van der Waals surface area contributed by atoms with Crippen molar-refractivity contribution in [2.45, 2.75) is 32.2 Å². The summed E-state index contributed by atoms with van der Waals surface area (Å²) in [5, 5.41) is 7.65. The maximum Gasteiger partial charge on any atom is 0.261 e. The Balaban J connectivity index is 0.000000179. The molecule has 2 N–H and O–H groups in total. The number of nitrogens with one attached hydrogen (secondary N) is 2. The summed E-state index contributed by atoms with van der Waals surface area (Å²) in [7, 11) is 0. The first-order valence-electron chi connectivity index (χ1n) is 10.6. The summed E-state index contributed by atoms with van der Waals surface area (Å²) >= 11 is 1.47. The molecule has 0 saturated carbocycles. The highest BCUT2D eigenvalue weighted by atomic mass is 32.1. The van der Waals surface area contributed by atoms with Crippen molar-refractivity contribution < 1.29 is 9.59 Å². The second kappa shape index (κ2) is 11.9. The van der Waals surface area contributed by atoms with Crippen molar-refractivity contribution in [2.24, 2.45) is 0 Å². The highest BCUT2D eigenvalue weighted by molar-refractivity contribution is 7.12. The molecule has 0 spiro atoms. The standard InChI is InChI=1S/C14H15NOS.C11H14N2O/c1-11(10-12-6-3-2-4-7-12)15-14(16)13-8-5-9-17-13;14-9-12-10-5-1-2-6-11(10)13-7-3-4-8-13/h2-9,11H,10H2,1H3,(H,15,16);1-2,5-6,9H,3-4,7-8H2,(H,12,14). The molecule has 2 heterocycles. The van der Waals surface area contributed by atoms with Gasteiger partial charge in [-0.25, -0.2) is 0 Å². The highest BCUT2D eigenvalue weighted by Gasteiger charge is 2.14. The topological polar surface area (TPSA) is 61.4 Å². The van der Waals surface area contributed by atoms with Gasteiger partial charge in [0.2, 0.25) is 6.41 Å². The molecule has 2 amide bonds. The number of nitrogens with zero attached hydrogens (tertiary/aromatic N) is 1. The monoisotopic (exact) mass is 435 g/mol. The van der Waals surface area contributed by atoms with Gasteiger partial charge in [-0.3, -0.25) is 9.59 Å². The fourth-order valence-corrected chi connectivity index (χ4v) is 4.24. The number of hydrogen-bond donors (Lipinski definition) is 2. The average Bonchev–Trinajstić information content (AvgIpc) is 3.50. The van der Waals surface area contributed by atoms with Gasteiger partial charge >= 0.3 is 0 Å². The van der Waals surface area contributed by atoms with Crippen LogP contribution >= 0.6 is 11.3 Å². The van der Waals surface area contributed by atoms with E-state index in [0.29, 0.717) is 0 Å². The van der Waals surface area contributed by atoms with Crippen molar-refractivity contribution >= 4 is 35.0 Å². The van der Waals surface area contributed by atoms with Crippen LogP contribution in [0.2, 0.25) is 0 Å². The number of para-hydroxylation sites is 2. The van der Waals surface area contributed by atoms with Gasteiger partial charge in [-0.15, -0.1) is 11.3 Å². The summed E-state index contributed by atoms with van der Waals surface area (Å²) in [5.74, 6) is 0.0171. The Hall–Kier alpha value is -3.12. The number of amides is 2. The Morgan fingerprint density at radius 3 is 2.42 bits per heavy atom. The minimum atomic E-state index is 0.0171. The predicted octanol–water partition coefficient (Wildman–Crippen LogP) is 4.96. The third kappa shape index (κ3) is 6.96. The van der Waals surface area contributed by atoms with Crippen molar-refractivity contribution in [3.63, 3.8) is 0 Å². The number of carbonyl (C=O) groups is 2. The molecule has 0 aliphatic carbocycles. The van der Waals surface area contributed by atoms with Gasteiger partial charge < -0.3 is 15.5 Å². The molecule has 0 bridgehead atoms. The average molecular weight is 436 g/mol.